The molecule has 5 aliphatic rings. The van der Waals surface area contributed by atoms with Gasteiger partial charge in [0.25, 0.3) is 0 Å². The first-order chi connectivity index (χ1) is 25.6. The van der Waals surface area contributed by atoms with Crippen molar-refractivity contribution in [2.24, 2.45) is 5.41 Å². The van der Waals surface area contributed by atoms with Crippen LogP contribution in [0.4, 0.5) is 4.39 Å². The van der Waals surface area contributed by atoms with Gasteiger partial charge in [-0.2, -0.15) is 0 Å². The highest BCUT2D eigenvalue weighted by atomic mass is 19.1. The molecule has 0 radical (unpaired) electrons. The third-order valence-electron chi connectivity index (χ3n) is 11.8. The molecule has 0 bridgehead atoms. The molecule has 1 atom stereocenters. The van der Waals surface area contributed by atoms with E-state index in [1.807, 2.05) is 42.2 Å². The maximum atomic E-state index is 16.5. The van der Waals surface area contributed by atoms with E-state index in [2.05, 4.69) is 20.1 Å². The van der Waals surface area contributed by atoms with Crippen molar-refractivity contribution < 1.29 is 28.2 Å². The first kappa shape index (κ1) is 33.7. The highest BCUT2D eigenvalue weighted by molar-refractivity contribution is 5.81. The van der Waals surface area contributed by atoms with Crippen LogP contribution in [-0.4, -0.2) is 107 Å². The molecule has 2 amide bonds. The van der Waals surface area contributed by atoms with Crippen LogP contribution >= 0.6 is 0 Å². The summed E-state index contributed by atoms with van der Waals surface area (Å²) in [5.41, 5.74) is 5.90. The minimum Gasteiger partial charge on any atom is -0.491 e. The fourth-order valence-electron chi connectivity index (χ4n) is 9.08. The lowest BCUT2D eigenvalue weighted by molar-refractivity contribution is -0.157. The Balaban J connectivity index is 0.956. The van der Waals surface area contributed by atoms with Crippen molar-refractivity contribution in [1.82, 2.24) is 35.0 Å². The molecule has 13 heteroatoms. The van der Waals surface area contributed by atoms with E-state index in [9.17, 15) is 9.59 Å². The Morgan fingerprint density at radius 2 is 1.66 bits per heavy atom. The van der Waals surface area contributed by atoms with Gasteiger partial charge in [-0.05, 0) is 30.5 Å². The molecule has 9 rings (SSSR count). The molecule has 12 nitrogen and oxygen atoms in total. The Bertz CT molecular complexity index is 2160. The van der Waals surface area contributed by atoms with Crippen LogP contribution in [-0.2, 0) is 16.1 Å². The van der Waals surface area contributed by atoms with E-state index in [0.717, 1.165) is 73.7 Å². The van der Waals surface area contributed by atoms with Gasteiger partial charge in [0.1, 0.15) is 23.9 Å². The van der Waals surface area contributed by atoms with Gasteiger partial charge in [-0.15, -0.1) is 0 Å². The number of benzene rings is 2. The number of aromatic nitrogens is 3. The molecular formula is C40H42FN7O5. The van der Waals surface area contributed by atoms with Gasteiger partial charge in [0.15, 0.2) is 0 Å². The topological polar surface area (TPSA) is 122 Å². The van der Waals surface area contributed by atoms with Crippen LogP contribution in [0.1, 0.15) is 42.6 Å². The predicted octanol–water partition coefficient (Wildman–Crippen LogP) is 4.40. The van der Waals surface area contributed by atoms with E-state index in [1.54, 1.807) is 39.5 Å². The zero-order valence-corrected chi connectivity index (χ0v) is 30.4. The predicted molar refractivity (Wildman–Crippen MR) is 194 cm³/mol. The van der Waals surface area contributed by atoms with Gasteiger partial charge >= 0.3 is 0 Å². The van der Waals surface area contributed by atoms with Crippen molar-refractivity contribution in [2.45, 2.75) is 44.8 Å². The van der Waals surface area contributed by atoms with Crippen LogP contribution in [0.3, 0.4) is 0 Å². The number of ether oxygens (including phenoxy) is 3. The molecule has 0 unspecified atom stereocenters. The fraction of sp³-hybridized carbons (Fsp3) is 0.425. The van der Waals surface area contributed by atoms with E-state index in [1.165, 1.54) is 0 Å². The van der Waals surface area contributed by atoms with Crippen molar-refractivity contribution in [3.8, 4) is 51.2 Å². The Morgan fingerprint density at radius 3 is 2.36 bits per heavy atom. The van der Waals surface area contributed by atoms with Crippen LogP contribution in [0.2, 0.25) is 0 Å². The second-order valence-corrected chi connectivity index (χ2v) is 15.4. The van der Waals surface area contributed by atoms with Crippen LogP contribution in [0.15, 0.2) is 48.7 Å². The van der Waals surface area contributed by atoms with Crippen molar-refractivity contribution in [1.29, 1.82) is 0 Å². The number of carbonyl (C=O) groups excluding carboxylic acids is 2. The van der Waals surface area contributed by atoms with Crippen LogP contribution < -0.4 is 19.5 Å². The van der Waals surface area contributed by atoms with Gasteiger partial charge in [0.05, 0.1) is 48.9 Å². The average molecular weight is 720 g/mol. The number of pyridine rings is 1. The highest BCUT2D eigenvalue weighted by Gasteiger charge is 2.53. The second kappa shape index (κ2) is 12.5. The lowest BCUT2D eigenvalue weighted by Crippen LogP contribution is -2.72. The Kier molecular flexibility index (Phi) is 7.93. The summed E-state index contributed by atoms with van der Waals surface area (Å²) in [6.45, 7) is 9.55. The Hall–Kier alpha value is -5.14. The summed E-state index contributed by atoms with van der Waals surface area (Å²) < 4.78 is 34.3. The molecule has 4 aromatic rings. The molecule has 0 saturated carbocycles. The number of nitrogens with zero attached hydrogens (tertiary/aromatic N) is 6. The lowest BCUT2D eigenvalue weighted by atomic mass is 9.73. The third-order valence-corrected chi connectivity index (χ3v) is 11.8. The van der Waals surface area contributed by atoms with Gasteiger partial charge in [-0.25, -0.2) is 14.4 Å². The monoisotopic (exact) mass is 719 g/mol. The number of carbonyl (C=O) groups is 2. The van der Waals surface area contributed by atoms with E-state index in [4.69, 9.17) is 24.2 Å². The SMILES string of the molecule is COc1nc(-c2cccc(-c3cccc(-c4cc5c(c(OC)n4)[C@@H](N4CC6(CCC(=O)N6)C4)CO5)c3C)c2F)cnc1CN1CC2(C1)CN(C(C)=O)C2. The molecule has 2 aromatic heterocycles. The molecule has 4 fully saturated rings. The summed E-state index contributed by atoms with van der Waals surface area (Å²) in [6.07, 6.45) is 3.04. The van der Waals surface area contributed by atoms with Crippen LogP contribution in [0, 0.1) is 18.2 Å². The number of nitrogens with one attached hydrogen (secondary N) is 1. The molecule has 5 aliphatic heterocycles. The summed E-state index contributed by atoms with van der Waals surface area (Å²) in [7, 11) is 3.17. The van der Waals surface area contributed by atoms with E-state index in [0.29, 0.717) is 59.5 Å². The minimum absolute atomic E-state index is 0.0139. The van der Waals surface area contributed by atoms with Gasteiger partial charge in [-0.1, -0.05) is 30.3 Å². The molecular weight excluding hydrogens is 677 g/mol. The normalized spacial score (nSPS) is 21.0. The number of fused-ring (bicyclic) bond motifs is 1. The summed E-state index contributed by atoms with van der Waals surface area (Å²) >= 11 is 0. The fourth-order valence-corrected chi connectivity index (χ4v) is 9.08. The maximum Gasteiger partial charge on any atom is 0.237 e. The third kappa shape index (κ3) is 5.59. The minimum atomic E-state index is -0.405. The number of rotatable bonds is 8. The summed E-state index contributed by atoms with van der Waals surface area (Å²) in [6, 6.07) is 13.0. The van der Waals surface area contributed by atoms with E-state index < -0.39 is 5.82 Å². The largest absolute Gasteiger partial charge is 0.491 e. The van der Waals surface area contributed by atoms with E-state index >= 15 is 4.39 Å². The number of likely N-dealkylation sites (tertiary alicyclic amines) is 3. The maximum absolute atomic E-state index is 16.5. The molecule has 7 heterocycles. The molecule has 0 aliphatic carbocycles. The van der Waals surface area contributed by atoms with E-state index in [-0.39, 0.29) is 28.8 Å². The van der Waals surface area contributed by atoms with Crippen molar-refractivity contribution >= 4 is 11.8 Å². The number of halogens is 1. The van der Waals surface area contributed by atoms with Crippen molar-refractivity contribution in [3.05, 3.63) is 71.3 Å². The summed E-state index contributed by atoms with van der Waals surface area (Å²) in [5, 5.41) is 3.15. The highest BCUT2D eigenvalue weighted by Crippen LogP contribution is 2.48. The molecule has 53 heavy (non-hydrogen) atoms. The number of amides is 2. The van der Waals surface area contributed by atoms with Crippen LogP contribution in [0.5, 0.6) is 17.5 Å². The zero-order chi connectivity index (χ0) is 36.6. The zero-order valence-electron chi connectivity index (χ0n) is 30.4. The molecule has 274 valence electrons. The molecule has 2 spiro atoms. The summed E-state index contributed by atoms with van der Waals surface area (Å²) in [4.78, 5) is 44.3. The van der Waals surface area contributed by atoms with Gasteiger partial charge in [0, 0.05) is 87.3 Å². The number of hydrogen-bond acceptors (Lipinski definition) is 10. The number of methoxy groups -OCH3 is 2. The Morgan fingerprint density at radius 1 is 0.962 bits per heavy atom. The second-order valence-electron chi connectivity index (χ2n) is 15.4. The quantitative estimate of drug-likeness (QED) is 0.281. The van der Waals surface area contributed by atoms with Crippen molar-refractivity contribution in [3.63, 3.8) is 0 Å². The van der Waals surface area contributed by atoms with Crippen LogP contribution in [0.25, 0.3) is 33.6 Å². The standard InChI is InChI=1S/C40H42FN7O5/c1-23-25(7-5-8-26(23)29-13-33-35(38(43-29)52-4)32(16-53-33)48-21-40(22-48)12-11-34(50)45-40)27-9-6-10-28(36(27)41)30-14-42-31(37(44-30)51-3)15-46-17-39(18-46)19-47(20-39)24(2)49/h5-10,13-14,32H,11-12,15-22H2,1-4H3,(H,45,50)/t32-/m0/s1. The first-order valence-electron chi connectivity index (χ1n) is 18.1. The van der Waals surface area contributed by atoms with Crippen molar-refractivity contribution in [2.75, 3.05) is 60.1 Å². The Labute approximate surface area is 307 Å². The van der Waals surface area contributed by atoms with Gasteiger partial charge in [-0.3, -0.25) is 24.4 Å². The van der Waals surface area contributed by atoms with Gasteiger partial charge in [0.2, 0.25) is 23.6 Å². The smallest absolute Gasteiger partial charge is 0.237 e. The van der Waals surface area contributed by atoms with Gasteiger partial charge < -0.3 is 24.4 Å². The molecule has 2 aromatic carbocycles. The lowest BCUT2D eigenvalue weighted by Gasteiger charge is -2.60. The first-order valence-corrected chi connectivity index (χ1v) is 18.1. The molecule has 4 saturated heterocycles. The molecule has 1 N–H and O–H groups in total. The average Bonchev–Trinajstić information content (AvgIpc) is 3.71. The summed E-state index contributed by atoms with van der Waals surface area (Å²) in [5.74, 6) is 1.42. The number of hydrogen-bond donors (Lipinski definition) is 1.